The van der Waals surface area contributed by atoms with Crippen LogP contribution in [0.4, 0.5) is 0 Å². The minimum absolute atomic E-state index is 0.0142. The standard InChI is InChI=1S/C10H20N2O/c1-2-3-7-12-8-5-4-6-9(12)10(11)13/h9H,2-8H2,1H3,(H2,11,13). The van der Waals surface area contributed by atoms with E-state index in [-0.39, 0.29) is 11.9 Å². The van der Waals surface area contributed by atoms with Crippen molar-refractivity contribution in [2.24, 2.45) is 5.73 Å². The van der Waals surface area contributed by atoms with Crippen LogP contribution in [0.5, 0.6) is 0 Å². The van der Waals surface area contributed by atoms with Crippen molar-refractivity contribution in [3.05, 3.63) is 0 Å². The molecule has 0 bridgehead atoms. The number of likely N-dealkylation sites (tertiary alicyclic amines) is 1. The molecule has 0 aromatic rings. The Labute approximate surface area is 80.3 Å². The highest BCUT2D eigenvalue weighted by molar-refractivity contribution is 5.79. The van der Waals surface area contributed by atoms with Crippen molar-refractivity contribution in [1.29, 1.82) is 0 Å². The number of unbranched alkanes of at least 4 members (excludes halogenated alkanes) is 1. The Morgan fingerprint density at radius 2 is 2.31 bits per heavy atom. The van der Waals surface area contributed by atoms with E-state index in [9.17, 15) is 4.79 Å². The first-order valence-electron chi connectivity index (χ1n) is 5.29. The molecule has 0 aromatic carbocycles. The normalized spacial score (nSPS) is 24.5. The van der Waals surface area contributed by atoms with Crippen LogP contribution in [0, 0.1) is 0 Å². The number of nitrogens with zero attached hydrogens (tertiary/aromatic N) is 1. The monoisotopic (exact) mass is 184 g/mol. The molecule has 1 rings (SSSR count). The molecule has 1 saturated heterocycles. The summed E-state index contributed by atoms with van der Waals surface area (Å²) in [5.41, 5.74) is 5.35. The molecule has 1 fully saturated rings. The number of primary amides is 1. The van der Waals surface area contributed by atoms with E-state index in [1.165, 1.54) is 19.3 Å². The lowest BCUT2D eigenvalue weighted by molar-refractivity contribution is -0.124. The van der Waals surface area contributed by atoms with Crippen LogP contribution < -0.4 is 5.73 Å². The van der Waals surface area contributed by atoms with Crippen LogP contribution in [-0.4, -0.2) is 29.9 Å². The van der Waals surface area contributed by atoms with Gasteiger partial charge in [-0.2, -0.15) is 0 Å². The molecule has 1 heterocycles. The molecule has 0 aromatic heterocycles. The van der Waals surface area contributed by atoms with E-state index in [2.05, 4.69) is 11.8 Å². The predicted octanol–water partition coefficient (Wildman–Crippen LogP) is 1.13. The van der Waals surface area contributed by atoms with Crippen molar-refractivity contribution in [2.75, 3.05) is 13.1 Å². The Balaban J connectivity index is 2.41. The topological polar surface area (TPSA) is 46.3 Å². The number of carbonyl (C=O) groups excluding carboxylic acids is 1. The van der Waals surface area contributed by atoms with Crippen LogP contribution in [0.1, 0.15) is 39.0 Å². The van der Waals surface area contributed by atoms with E-state index in [0.717, 1.165) is 25.9 Å². The van der Waals surface area contributed by atoms with Crippen molar-refractivity contribution in [1.82, 2.24) is 4.90 Å². The molecule has 1 aliphatic heterocycles. The van der Waals surface area contributed by atoms with E-state index in [1.54, 1.807) is 0 Å². The van der Waals surface area contributed by atoms with Crippen LogP contribution in [-0.2, 0) is 4.79 Å². The summed E-state index contributed by atoms with van der Waals surface area (Å²) < 4.78 is 0. The number of rotatable bonds is 4. The highest BCUT2D eigenvalue weighted by Crippen LogP contribution is 2.16. The highest BCUT2D eigenvalue weighted by atomic mass is 16.1. The van der Waals surface area contributed by atoms with Crippen molar-refractivity contribution in [3.8, 4) is 0 Å². The van der Waals surface area contributed by atoms with Gasteiger partial charge in [0.1, 0.15) is 0 Å². The molecule has 3 nitrogen and oxygen atoms in total. The number of hydrogen-bond acceptors (Lipinski definition) is 2. The third-order valence-corrected chi connectivity index (χ3v) is 2.74. The van der Waals surface area contributed by atoms with Gasteiger partial charge in [-0.1, -0.05) is 19.8 Å². The molecule has 3 heteroatoms. The maximum absolute atomic E-state index is 11.1. The van der Waals surface area contributed by atoms with Gasteiger partial charge < -0.3 is 5.73 Å². The third kappa shape index (κ3) is 2.99. The van der Waals surface area contributed by atoms with E-state index in [4.69, 9.17) is 5.73 Å². The lowest BCUT2D eigenvalue weighted by Gasteiger charge is -2.33. The molecule has 1 atom stereocenters. The number of carbonyl (C=O) groups is 1. The fourth-order valence-corrected chi connectivity index (χ4v) is 1.94. The van der Waals surface area contributed by atoms with Gasteiger partial charge in [-0.25, -0.2) is 0 Å². The van der Waals surface area contributed by atoms with Gasteiger partial charge in [-0.3, -0.25) is 9.69 Å². The lowest BCUT2D eigenvalue weighted by atomic mass is 10.0. The van der Waals surface area contributed by atoms with Gasteiger partial charge >= 0.3 is 0 Å². The van der Waals surface area contributed by atoms with Gasteiger partial charge in [0.05, 0.1) is 6.04 Å². The average Bonchev–Trinajstić information content (AvgIpc) is 2.15. The predicted molar refractivity (Wildman–Crippen MR) is 53.3 cm³/mol. The summed E-state index contributed by atoms with van der Waals surface area (Å²) in [6.07, 6.45) is 5.68. The Kier molecular flexibility index (Phi) is 4.22. The minimum atomic E-state index is -0.143. The maximum Gasteiger partial charge on any atom is 0.234 e. The van der Waals surface area contributed by atoms with Crippen LogP contribution in [0.15, 0.2) is 0 Å². The van der Waals surface area contributed by atoms with E-state index >= 15 is 0 Å². The van der Waals surface area contributed by atoms with Gasteiger partial charge in [0.2, 0.25) is 5.91 Å². The average molecular weight is 184 g/mol. The van der Waals surface area contributed by atoms with Gasteiger partial charge in [-0.05, 0) is 32.4 Å². The number of hydrogen-bond donors (Lipinski definition) is 1. The molecule has 1 aliphatic rings. The molecule has 13 heavy (non-hydrogen) atoms. The van der Waals surface area contributed by atoms with Crippen LogP contribution in [0.3, 0.4) is 0 Å². The second-order valence-corrected chi connectivity index (χ2v) is 3.80. The SMILES string of the molecule is CCCCN1CCCCC1C(N)=O. The molecule has 0 radical (unpaired) electrons. The zero-order chi connectivity index (χ0) is 9.68. The second kappa shape index (κ2) is 5.22. The van der Waals surface area contributed by atoms with Gasteiger partial charge in [0, 0.05) is 0 Å². The van der Waals surface area contributed by atoms with E-state index in [1.807, 2.05) is 0 Å². The van der Waals surface area contributed by atoms with E-state index < -0.39 is 0 Å². The van der Waals surface area contributed by atoms with Crippen molar-refractivity contribution < 1.29 is 4.79 Å². The molecular weight excluding hydrogens is 164 g/mol. The Hall–Kier alpha value is -0.570. The summed E-state index contributed by atoms with van der Waals surface area (Å²) in [6, 6.07) is 0.0142. The largest absolute Gasteiger partial charge is 0.368 e. The summed E-state index contributed by atoms with van der Waals surface area (Å²) in [6.45, 7) is 4.25. The first-order chi connectivity index (χ1) is 6.25. The summed E-state index contributed by atoms with van der Waals surface area (Å²) in [5, 5.41) is 0. The zero-order valence-corrected chi connectivity index (χ0v) is 8.46. The summed E-state index contributed by atoms with van der Waals surface area (Å²) >= 11 is 0. The Morgan fingerprint density at radius 1 is 1.54 bits per heavy atom. The molecule has 1 unspecified atom stereocenters. The summed E-state index contributed by atoms with van der Waals surface area (Å²) in [4.78, 5) is 13.4. The summed E-state index contributed by atoms with van der Waals surface area (Å²) in [5.74, 6) is -0.143. The second-order valence-electron chi connectivity index (χ2n) is 3.80. The molecule has 1 amide bonds. The Morgan fingerprint density at radius 3 is 2.92 bits per heavy atom. The number of piperidine rings is 1. The van der Waals surface area contributed by atoms with Crippen molar-refractivity contribution >= 4 is 5.91 Å². The van der Waals surface area contributed by atoms with Crippen LogP contribution in [0.25, 0.3) is 0 Å². The molecule has 0 saturated carbocycles. The first-order valence-corrected chi connectivity index (χ1v) is 5.29. The molecule has 76 valence electrons. The van der Waals surface area contributed by atoms with Gasteiger partial charge in [0.15, 0.2) is 0 Å². The first kappa shape index (κ1) is 10.5. The number of nitrogens with two attached hydrogens (primary N) is 1. The smallest absolute Gasteiger partial charge is 0.234 e. The molecular formula is C10H20N2O. The summed E-state index contributed by atoms with van der Waals surface area (Å²) in [7, 11) is 0. The quantitative estimate of drug-likeness (QED) is 0.712. The molecule has 0 aliphatic carbocycles. The highest BCUT2D eigenvalue weighted by Gasteiger charge is 2.25. The fraction of sp³-hybridized carbons (Fsp3) is 0.900. The van der Waals surface area contributed by atoms with E-state index in [0.29, 0.717) is 0 Å². The third-order valence-electron chi connectivity index (χ3n) is 2.74. The van der Waals surface area contributed by atoms with Gasteiger partial charge in [-0.15, -0.1) is 0 Å². The molecule has 0 spiro atoms. The van der Waals surface area contributed by atoms with Gasteiger partial charge in [0.25, 0.3) is 0 Å². The minimum Gasteiger partial charge on any atom is -0.368 e. The molecule has 2 N–H and O–H groups in total. The van der Waals surface area contributed by atoms with Crippen molar-refractivity contribution in [3.63, 3.8) is 0 Å². The van der Waals surface area contributed by atoms with Crippen LogP contribution in [0.2, 0.25) is 0 Å². The van der Waals surface area contributed by atoms with Crippen molar-refractivity contribution in [2.45, 2.75) is 45.1 Å². The zero-order valence-electron chi connectivity index (χ0n) is 8.46. The maximum atomic E-state index is 11.1. The van der Waals surface area contributed by atoms with Crippen LogP contribution >= 0.6 is 0 Å². The number of amides is 1. The lowest BCUT2D eigenvalue weighted by Crippen LogP contribution is -2.47. The fourth-order valence-electron chi connectivity index (χ4n) is 1.94. The Bertz CT molecular complexity index is 170.